The summed E-state index contributed by atoms with van der Waals surface area (Å²) >= 11 is 1.19. The van der Waals surface area contributed by atoms with Gasteiger partial charge in [-0.05, 0) is 35.3 Å². The lowest BCUT2D eigenvalue weighted by Gasteiger charge is -2.27. The highest BCUT2D eigenvalue weighted by molar-refractivity contribution is 7.03. The Morgan fingerprint density at radius 2 is 2.33 bits per heavy atom. The molecule has 0 radical (unpaired) electrons. The molecule has 0 aromatic carbocycles. The van der Waals surface area contributed by atoms with Gasteiger partial charge in [0.05, 0.1) is 0 Å². The van der Waals surface area contributed by atoms with Crippen molar-refractivity contribution in [3.8, 4) is 0 Å². The van der Waals surface area contributed by atoms with Crippen LogP contribution in [0.4, 0.5) is 0 Å². The highest BCUT2D eigenvalue weighted by atomic mass is 32.1. The van der Waals surface area contributed by atoms with Gasteiger partial charge in [-0.2, -0.15) is 0 Å². The lowest BCUT2D eigenvalue weighted by Crippen LogP contribution is -2.36. The van der Waals surface area contributed by atoms with E-state index in [1.54, 1.807) is 16.5 Å². The predicted octanol–water partition coefficient (Wildman–Crippen LogP) is 1.68. The highest BCUT2D eigenvalue weighted by Gasteiger charge is 2.24. The predicted molar refractivity (Wildman–Crippen MR) is 77.9 cm³/mol. The van der Waals surface area contributed by atoms with Gasteiger partial charge in [0, 0.05) is 42.2 Å². The maximum absolute atomic E-state index is 12.3. The summed E-state index contributed by atoms with van der Waals surface area (Å²) in [6.45, 7) is 1.21. The van der Waals surface area contributed by atoms with Gasteiger partial charge in [0.15, 0.2) is 11.3 Å². The minimum absolute atomic E-state index is 0.0688. The third kappa shape index (κ3) is 2.15. The van der Waals surface area contributed by atoms with Crippen molar-refractivity contribution in [1.29, 1.82) is 0 Å². The second kappa shape index (κ2) is 4.85. The standard InChI is InChI=1S/C14H11N5OS/c20-14(12-8-21-18-17-12)19-5-3-11-10(7-19)6-9-2-1-4-15-13(9)16-11/h1-2,4,6,8H,3,5,7H2. The summed E-state index contributed by atoms with van der Waals surface area (Å²) in [6, 6.07) is 5.95. The van der Waals surface area contributed by atoms with Crippen LogP contribution in [0.5, 0.6) is 0 Å². The summed E-state index contributed by atoms with van der Waals surface area (Å²) in [5.41, 5.74) is 3.29. The van der Waals surface area contributed by atoms with Gasteiger partial charge in [0.2, 0.25) is 0 Å². The Labute approximate surface area is 124 Å². The number of amides is 1. The molecule has 0 saturated heterocycles. The van der Waals surface area contributed by atoms with Gasteiger partial charge in [-0.3, -0.25) is 4.79 Å². The van der Waals surface area contributed by atoms with Crippen LogP contribution in [-0.4, -0.2) is 36.9 Å². The molecule has 3 aromatic heterocycles. The van der Waals surface area contributed by atoms with Gasteiger partial charge in [-0.25, -0.2) is 9.97 Å². The first-order chi connectivity index (χ1) is 10.3. The summed E-state index contributed by atoms with van der Waals surface area (Å²) in [5, 5.41) is 6.53. The number of nitrogens with zero attached hydrogens (tertiary/aromatic N) is 5. The molecule has 1 aliphatic heterocycles. The maximum Gasteiger partial charge on any atom is 0.275 e. The SMILES string of the molecule is O=C(c1csnn1)N1CCc2nc3ncccc3cc2C1. The fourth-order valence-corrected chi connectivity index (χ4v) is 2.99. The lowest BCUT2D eigenvalue weighted by molar-refractivity contribution is 0.0728. The topological polar surface area (TPSA) is 71.9 Å². The Morgan fingerprint density at radius 3 is 3.19 bits per heavy atom. The van der Waals surface area contributed by atoms with Crippen LogP contribution >= 0.6 is 11.5 Å². The van der Waals surface area contributed by atoms with E-state index in [0.717, 1.165) is 28.7 Å². The normalized spacial score (nSPS) is 14.2. The van der Waals surface area contributed by atoms with Gasteiger partial charge in [-0.1, -0.05) is 4.49 Å². The summed E-state index contributed by atoms with van der Waals surface area (Å²) < 4.78 is 3.75. The lowest BCUT2D eigenvalue weighted by atomic mass is 10.0. The van der Waals surface area contributed by atoms with E-state index in [1.165, 1.54) is 11.5 Å². The smallest absolute Gasteiger partial charge is 0.275 e. The number of hydrogen-bond acceptors (Lipinski definition) is 6. The first-order valence-corrected chi connectivity index (χ1v) is 7.45. The molecule has 1 aliphatic rings. The molecule has 104 valence electrons. The van der Waals surface area contributed by atoms with E-state index in [2.05, 4.69) is 25.6 Å². The Kier molecular flexibility index (Phi) is 2.85. The van der Waals surface area contributed by atoms with Crippen molar-refractivity contribution in [2.45, 2.75) is 13.0 Å². The monoisotopic (exact) mass is 297 g/mol. The van der Waals surface area contributed by atoms with Crippen LogP contribution in [0.1, 0.15) is 21.7 Å². The molecule has 0 N–H and O–H groups in total. The quantitative estimate of drug-likeness (QED) is 0.683. The van der Waals surface area contributed by atoms with Crippen LogP contribution in [0.3, 0.4) is 0 Å². The second-order valence-electron chi connectivity index (χ2n) is 4.91. The van der Waals surface area contributed by atoms with E-state index in [1.807, 2.05) is 12.1 Å². The molecular formula is C14H11N5OS. The third-order valence-corrected chi connectivity index (χ3v) is 4.11. The molecule has 0 saturated carbocycles. The molecule has 0 atom stereocenters. The number of aromatic nitrogens is 4. The summed E-state index contributed by atoms with van der Waals surface area (Å²) in [6.07, 6.45) is 2.49. The van der Waals surface area contributed by atoms with Gasteiger partial charge >= 0.3 is 0 Å². The van der Waals surface area contributed by atoms with E-state index in [4.69, 9.17) is 0 Å². The maximum atomic E-state index is 12.3. The number of carbonyl (C=O) groups excluding carboxylic acids is 1. The second-order valence-corrected chi connectivity index (χ2v) is 5.52. The van der Waals surface area contributed by atoms with E-state index in [-0.39, 0.29) is 5.91 Å². The molecule has 0 bridgehead atoms. The van der Waals surface area contributed by atoms with Gasteiger partial charge in [0.1, 0.15) is 0 Å². The zero-order chi connectivity index (χ0) is 14.2. The van der Waals surface area contributed by atoms with E-state index < -0.39 is 0 Å². The van der Waals surface area contributed by atoms with Crippen LogP contribution in [0.15, 0.2) is 29.8 Å². The van der Waals surface area contributed by atoms with Crippen LogP contribution in [0.2, 0.25) is 0 Å². The highest BCUT2D eigenvalue weighted by Crippen LogP contribution is 2.22. The van der Waals surface area contributed by atoms with Crippen molar-refractivity contribution in [1.82, 2.24) is 24.5 Å². The number of carbonyl (C=O) groups is 1. The molecule has 6 nitrogen and oxygen atoms in total. The fourth-order valence-electron chi connectivity index (χ4n) is 2.56. The zero-order valence-corrected chi connectivity index (χ0v) is 11.9. The fraction of sp³-hybridized carbons (Fsp3) is 0.214. The van der Waals surface area contributed by atoms with Crippen molar-refractivity contribution >= 4 is 28.5 Å². The van der Waals surface area contributed by atoms with Crippen molar-refractivity contribution in [2.24, 2.45) is 0 Å². The molecule has 0 unspecified atom stereocenters. The minimum atomic E-state index is -0.0688. The molecule has 3 aromatic rings. The average Bonchev–Trinajstić information content (AvgIpc) is 3.06. The van der Waals surface area contributed by atoms with E-state index >= 15 is 0 Å². The van der Waals surface area contributed by atoms with Crippen molar-refractivity contribution in [2.75, 3.05) is 6.54 Å². The van der Waals surface area contributed by atoms with Gasteiger partial charge in [0.25, 0.3) is 5.91 Å². The average molecular weight is 297 g/mol. The zero-order valence-electron chi connectivity index (χ0n) is 11.1. The molecule has 7 heteroatoms. The van der Waals surface area contributed by atoms with Crippen LogP contribution in [-0.2, 0) is 13.0 Å². The van der Waals surface area contributed by atoms with Crippen LogP contribution in [0.25, 0.3) is 11.0 Å². The number of pyridine rings is 2. The number of hydrogen-bond donors (Lipinski definition) is 0. The van der Waals surface area contributed by atoms with E-state index in [0.29, 0.717) is 18.8 Å². The Balaban J connectivity index is 1.68. The van der Waals surface area contributed by atoms with Crippen LogP contribution < -0.4 is 0 Å². The molecule has 4 rings (SSSR count). The molecule has 21 heavy (non-hydrogen) atoms. The molecular weight excluding hydrogens is 286 g/mol. The van der Waals surface area contributed by atoms with Crippen molar-refractivity contribution in [3.05, 3.63) is 46.7 Å². The van der Waals surface area contributed by atoms with Crippen molar-refractivity contribution in [3.63, 3.8) is 0 Å². The first kappa shape index (κ1) is 12.3. The van der Waals surface area contributed by atoms with Crippen molar-refractivity contribution < 1.29 is 4.79 Å². The molecule has 0 fully saturated rings. The molecule has 0 aliphatic carbocycles. The van der Waals surface area contributed by atoms with Crippen LogP contribution in [0, 0.1) is 0 Å². The Morgan fingerprint density at radius 1 is 1.38 bits per heavy atom. The molecule has 0 spiro atoms. The molecule has 1 amide bonds. The Bertz CT molecular complexity index is 817. The molecule has 4 heterocycles. The number of rotatable bonds is 1. The summed E-state index contributed by atoms with van der Waals surface area (Å²) in [7, 11) is 0. The largest absolute Gasteiger partial charge is 0.332 e. The summed E-state index contributed by atoms with van der Waals surface area (Å²) in [5.74, 6) is -0.0688. The third-order valence-electron chi connectivity index (χ3n) is 3.60. The Hall–Kier alpha value is -2.41. The number of fused-ring (bicyclic) bond motifs is 2. The van der Waals surface area contributed by atoms with Gasteiger partial charge < -0.3 is 4.90 Å². The van der Waals surface area contributed by atoms with E-state index in [9.17, 15) is 4.79 Å². The first-order valence-electron chi connectivity index (χ1n) is 6.61. The minimum Gasteiger partial charge on any atom is -0.332 e. The summed E-state index contributed by atoms with van der Waals surface area (Å²) in [4.78, 5) is 23.0. The van der Waals surface area contributed by atoms with Gasteiger partial charge in [-0.15, -0.1) is 5.10 Å².